The Morgan fingerprint density at radius 3 is 2.07 bits per heavy atom. The first-order valence-electron chi connectivity index (χ1n) is 7.74. The summed E-state index contributed by atoms with van der Waals surface area (Å²) in [7, 11) is 0. The number of rotatable bonds is 8. The number of ether oxygens (including phenoxy) is 2. The van der Waals surface area contributed by atoms with E-state index in [-0.39, 0.29) is 75.1 Å². The van der Waals surface area contributed by atoms with Gasteiger partial charge in [0, 0.05) is 19.5 Å². The van der Waals surface area contributed by atoms with E-state index < -0.39 is 23.9 Å². The molecule has 1 atom stereocenters. The number of carboxylic acid groups (broad SMARTS) is 1. The SMILES string of the molecule is CC(=O)C=C(C)N[C@@H](Cc1ccc(OC(C)=O)c(OC(C)=O)c1)C(=O)[O-].[K+]. The van der Waals surface area contributed by atoms with Gasteiger partial charge in [0.25, 0.3) is 0 Å². The number of carboxylic acids is 1. The van der Waals surface area contributed by atoms with Crippen molar-refractivity contribution in [3.05, 3.63) is 35.5 Å². The molecule has 0 fully saturated rings. The Labute approximate surface area is 199 Å². The van der Waals surface area contributed by atoms with Crippen LogP contribution in [0.4, 0.5) is 0 Å². The smallest absolute Gasteiger partial charge is 0.548 e. The van der Waals surface area contributed by atoms with Crippen LogP contribution in [0.2, 0.25) is 0 Å². The third kappa shape index (κ3) is 9.82. The molecule has 0 heterocycles. The molecule has 0 aliphatic rings. The van der Waals surface area contributed by atoms with Gasteiger partial charge in [0.05, 0.1) is 12.0 Å². The molecule has 0 radical (unpaired) electrons. The van der Waals surface area contributed by atoms with E-state index in [1.807, 2.05) is 0 Å². The van der Waals surface area contributed by atoms with Crippen LogP contribution < -0.4 is 71.3 Å². The van der Waals surface area contributed by atoms with Crippen LogP contribution in [-0.2, 0) is 25.6 Å². The number of nitrogens with one attached hydrogen (secondary N) is 1. The Kier molecular flexibility index (Phi) is 11.4. The maximum absolute atomic E-state index is 11.4. The maximum Gasteiger partial charge on any atom is 1.00 e. The molecular weight excluding hydrogens is 381 g/mol. The summed E-state index contributed by atoms with van der Waals surface area (Å²) in [6.45, 7) is 5.29. The van der Waals surface area contributed by atoms with Crippen LogP contribution in [-0.4, -0.2) is 29.7 Å². The van der Waals surface area contributed by atoms with Crippen LogP contribution in [0, 0.1) is 0 Å². The van der Waals surface area contributed by atoms with Gasteiger partial charge in [-0.05, 0) is 44.0 Å². The van der Waals surface area contributed by atoms with E-state index in [1.54, 1.807) is 6.92 Å². The van der Waals surface area contributed by atoms with Crippen molar-refractivity contribution >= 4 is 23.7 Å². The standard InChI is InChI=1S/C18H21NO7.K/c1-10(7-11(2)20)19-15(18(23)24)8-14-5-6-16(25-12(3)21)17(9-14)26-13(4)22;/h5-7,9,15,19H,8H2,1-4H3,(H,23,24);/q;+1/p-1/t15-;/m0./s1. The van der Waals surface area contributed by atoms with E-state index in [1.165, 1.54) is 45.0 Å². The van der Waals surface area contributed by atoms with Gasteiger partial charge in [-0.2, -0.15) is 0 Å². The Bertz CT molecular complexity index is 758. The van der Waals surface area contributed by atoms with Crippen molar-refractivity contribution in [2.45, 2.75) is 40.2 Å². The van der Waals surface area contributed by atoms with E-state index in [2.05, 4.69) is 5.32 Å². The van der Waals surface area contributed by atoms with Crippen molar-refractivity contribution in [1.82, 2.24) is 5.32 Å². The van der Waals surface area contributed by atoms with Gasteiger partial charge in [-0.25, -0.2) is 0 Å². The number of carbonyl (C=O) groups excluding carboxylic acids is 4. The third-order valence-corrected chi connectivity index (χ3v) is 3.06. The summed E-state index contributed by atoms with van der Waals surface area (Å²) in [5, 5.41) is 14.0. The molecule has 1 rings (SSSR count). The van der Waals surface area contributed by atoms with Crippen molar-refractivity contribution in [2.75, 3.05) is 0 Å². The van der Waals surface area contributed by atoms with Crippen molar-refractivity contribution < 1.29 is 85.1 Å². The normalized spacial score (nSPS) is 11.6. The molecule has 1 aromatic rings. The summed E-state index contributed by atoms with van der Waals surface area (Å²) in [5.41, 5.74) is 0.873. The molecule has 0 saturated heterocycles. The van der Waals surface area contributed by atoms with Gasteiger partial charge in [-0.1, -0.05) is 6.07 Å². The monoisotopic (exact) mass is 401 g/mol. The van der Waals surface area contributed by atoms with Crippen LogP contribution in [0.25, 0.3) is 0 Å². The van der Waals surface area contributed by atoms with Gasteiger partial charge in [0.1, 0.15) is 0 Å². The second-order valence-electron chi connectivity index (χ2n) is 5.63. The summed E-state index contributed by atoms with van der Waals surface area (Å²) in [6, 6.07) is 3.23. The first kappa shape index (κ1) is 25.5. The zero-order chi connectivity index (χ0) is 19.9. The van der Waals surface area contributed by atoms with Gasteiger partial charge in [0.15, 0.2) is 17.3 Å². The zero-order valence-corrected chi connectivity index (χ0v) is 19.1. The summed E-state index contributed by atoms with van der Waals surface area (Å²) in [5.74, 6) is -2.76. The number of ketones is 1. The summed E-state index contributed by atoms with van der Waals surface area (Å²) >= 11 is 0. The van der Waals surface area contributed by atoms with Crippen LogP contribution >= 0.6 is 0 Å². The topological polar surface area (TPSA) is 122 Å². The van der Waals surface area contributed by atoms with Crippen molar-refractivity contribution in [2.24, 2.45) is 0 Å². The van der Waals surface area contributed by atoms with E-state index >= 15 is 0 Å². The third-order valence-electron chi connectivity index (χ3n) is 3.06. The molecule has 140 valence electrons. The Hall–Kier alpha value is -1.52. The molecule has 0 aliphatic heterocycles. The summed E-state index contributed by atoms with van der Waals surface area (Å²) < 4.78 is 9.96. The number of aliphatic carboxylic acids is 1. The minimum Gasteiger partial charge on any atom is -0.548 e. The van der Waals surface area contributed by atoms with E-state index in [4.69, 9.17) is 9.47 Å². The molecule has 0 bridgehead atoms. The van der Waals surface area contributed by atoms with Crippen molar-refractivity contribution in [3.63, 3.8) is 0 Å². The van der Waals surface area contributed by atoms with Gasteiger partial charge >= 0.3 is 63.3 Å². The van der Waals surface area contributed by atoms with E-state index in [0.29, 0.717) is 11.3 Å². The second-order valence-corrected chi connectivity index (χ2v) is 5.63. The molecule has 1 N–H and O–H groups in total. The molecule has 0 amide bonds. The van der Waals surface area contributed by atoms with Crippen molar-refractivity contribution in [3.8, 4) is 11.5 Å². The predicted molar refractivity (Wildman–Crippen MR) is 89.1 cm³/mol. The molecule has 27 heavy (non-hydrogen) atoms. The molecule has 0 aromatic heterocycles. The van der Waals surface area contributed by atoms with Crippen LogP contribution in [0.3, 0.4) is 0 Å². The minimum atomic E-state index is -1.36. The zero-order valence-electron chi connectivity index (χ0n) is 16.0. The average molecular weight is 401 g/mol. The molecule has 0 aliphatic carbocycles. The van der Waals surface area contributed by atoms with Crippen LogP contribution in [0.5, 0.6) is 11.5 Å². The Balaban J connectivity index is 0.00000676. The minimum absolute atomic E-state index is 0. The first-order chi connectivity index (χ1) is 12.1. The van der Waals surface area contributed by atoms with Gasteiger partial charge in [-0.3, -0.25) is 14.4 Å². The van der Waals surface area contributed by atoms with Crippen molar-refractivity contribution in [1.29, 1.82) is 0 Å². The van der Waals surface area contributed by atoms with Gasteiger partial charge in [-0.15, -0.1) is 0 Å². The average Bonchev–Trinajstić information content (AvgIpc) is 2.47. The number of allylic oxidation sites excluding steroid dienone is 2. The van der Waals surface area contributed by atoms with Gasteiger partial charge < -0.3 is 24.7 Å². The molecule has 8 nitrogen and oxygen atoms in total. The summed E-state index contributed by atoms with van der Waals surface area (Å²) in [4.78, 5) is 44.8. The molecule has 9 heteroatoms. The number of carbonyl (C=O) groups is 4. The second kappa shape index (κ2) is 12.0. The van der Waals surface area contributed by atoms with Crippen LogP contribution in [0.1, 0.15) is 33.3 Å². The maximum atomic E-state index is 11.4. The quantitative estimate of drug-likeness (QED) is 0.216. The van der Waals surface area contributed by atoms with Crippen LogP contribution in [0.15, 0.2) is 30.0 Å². The fraction of sp³-hybridized carbons (Fsp3) is 0.333. The Morgan fingerprint density at radius 2 is 1.59 bits per heavy atom. The number of benzene rings is 1. The Morgan fingerprint density at radius 1 is 1.04 bits per heavy atom. The molecular formula is C18H20KNO7. The molecule has 0 unspecified atom stereocenters. The molecule has 0 saturated carbocycles. The number of hydrogen-bond donors (Lipinski definition) is 1. The number of esters is 2. The largest absolute Gasteiger partial charge is 1.00 e. The predicted octanol–water partition coefficient (Wildman–Crippen LogP) is -2.72. The molecule has 0 spiro atoms. The first-order valence-corrected chi connectivity index (χ1v) is 7.74. The van der Waals surface area contributed by atoms with Gasteiger partial charge in [0.2, 0.25) is 0 Å². The fourth-order valence-electron chi connectivity index (χ4n) is 2.20. The number of hydrogen-bond acceptors (Lipinski definition) is 8. The fourth-order valence-corrected chi connectivity index (χ4v) is 2.20. The van der Waals surface area contributed by atoms with E-state index in [0.717, 1.165) is 0 Å². The van der Waals surface area contributed by atoms with E-state index in [9.17, 15) is 24.3 Å². The molecule has 1 aromatic carbocycles. The summed E-state index contributed by atoms with van der Waals surface area (Å²) in [6.07, 6.45) is 1.25.